The molecule has 1 atom stereocenters. The number of para-hydroxylation sites is 1. The fraction of sp³-hybridized carbons (Fsp3) is 0.200. The highest BCUT2D eigenvalue weighted by Crippen LogP contribution is 2.35. The largest absolute Gasteiger partial charge is 0.496 e. The van der Waals surface area contributed by atoms with E-state index in [0.29, 0.717) is 27.6 Å². The molecular weight excluding hydrogens is 262 g/mol. The molecule has 0 aromatic heterocycles. The van der Waals surface area contributed by atoms with E-state index in [-0.39, 0.29) is 0 Å². The second kappa shape index (κ2) is 5.51. The van der Waals surface area contributed by atoms with Gasteiger partial charge in [0, 0.05) is 21.8 Å². The summed E-state index contributed by atoms with van der Waals surface area (Å²) in [5, 5.41) is 11.1. The van der Waals surface area contributed by atoms with Crippen LogP contribution in [0.4, 0.5) is 5.69 Å². The minimum absolute atomic E-state index is 0.500. The predicted molar refractivity (Wildman–Crippen MR) is 77.7 cm³/mol. The van der Waals surface area contributed by atoms with Crippen LogP contribution < -0.4 is 10.5 Å². The Morgan fingerprint density at radius 1 is 1.21 bits per heavy atom. The summed E-state index contributed by atoms with van der Waals surface area (Å²) in [7, 11) is 1.58. The summed E-state index contributed by atoms with van der Waals surface area (Å²) in [5.74, 6) is 0.661. The van der Waals surface area contributed by atoms with E-state index in [1.807, 2.05) is 25.1 Å². The van der Waals surface area contributed by atoms with Crippen LogP contribution in [0.15, 0.2) is 36.4 Å². The van der Waals surface area contributed by atoms with Gasteiger partial charge in [-0.3, -0.25) is 0 Å². The zero-order valence-corrected chi connectivity index (χ0v) is 11.6. The molecule has 0 saturated carbocycles. The summed E-state index contributed by atoms with van der Waals surface area (Å²) in [6.07, 6.45) is -0.867. The molecule has 0 radical (unpaired) electrons. The number of methoxy groups -OCH3 is 1. The van der Waals surface area contributed by atoms with Gasteiger partial charge in [0.05, 0.1) is 7.11 Å². The van der Waals surface area contributed by atoms with Crippen molar-refractivity contribution in [3.63, 3.8) is 0 Å². The van der Waals surface area contributed by atoms with Crippen LogP contribution >= 0.6 is 11.6 Å². The molecule has 4 heteroatoms. The van der Waals surface area contributed by atoms with E-state index < -0.39 is 6.10 Å². The van der Waals surface area contributed by atoms with Crippen LogP contribution in [-0.2, 0) is 0 Å². The van der Waals surface area contributed by atoms with E-state index in [1.165, 1.54) is 0 Å². The second-order valence-electron chi connectivity index (χ2n) is 4.37. The van der Waals surface area contributed by atoms with Gasteiger partial charge in [-0.1, -0.05) is 29.8 Å². The van der Waals surface area contributed by atoms with Crippen LogP contribution in [-0.4, -0.2) is 12.2 Å². The number of aliphatic hydroxyl groups is 1. The van der Waals surface area contributed by atoms with Crippen molar-refractivity contribution in [2.75, 3.05) is 12.8 Å². The zero-order valence-electron chi connectivity index (χ0n) is 10.9. The van der Waals surface area contributed by atoms with Gasteiger partial charge in [-0.05, 0) is 30.7 Å². The molecule has 0 aliphatic heterocycles. The summed E-state index contributed by atoms with van der Waals surface area (Å²) in [6.45, 7) is 1.93. The molecule has 19 heavy (non-hydrogen) atoms. The van der Waals surface area contributed by atoms with Gasteiger partial charge < -0.3 is 15.6 Å². The van der Waals surface area contributed by atoms with Gasteiger partial charge in [-0.25, -0.2) is 0 Å². The van der Waals surface area contributed by atoms with Gasteiger partial charge in [-0.2, -0.15) is 0 Å². The summed E-state index contributed by atoms with van der Waals surface area (Å²) in [5.41, 5.74) is 8.61. The minimum Gasteiger partial charge on any atom is -0.496 e. The molecular formula is C15H16ClNO2. The Hall–Kier alpha value is -1.71. The van der Waals surface area contributed by atoms with Crippen LogP contribution in [0.2, 0.25) is 5.02 Å². The number of aryl methyl sites for hydroxylation is 1. The summed E-state index contributed by atoms with van der Waals surface area (Å²) in [6, 6.07) is 10.7. The van der Waals surface area contributed by atoms with E-state index in [0.717, 1.165) is 5.56 Å². The Morgan fingerprint density at radius 3 is 2.63 bits per heavy atom. The minimum atomic E-state index is -0.867. The number of nitrogens with two attached hydrogens (primary N) is 1. The highest BCUT2D eigenvalue weighted by atomic mass is 35.5. The zero-order chi connectivity index (χ0) is 14.0. The van der Waals surface area contributed by atoms with Gasteiger partial charge in [0.1, 0.15) is 11.9 Å². The molecule has 0 unspecified atom stereocenters. The van der Waals surface area contributed by atoms with Crippen molar-refractivity contribution in [3.05, 3.63) is 58.1 Å². The van der Waals surface area contributed by atoms with E-state index >= 15 is 0 Å². The Balaban J connectivity index is 2.52. The monoisotopic (exact) mass is 277 g/mol. The molecule has 0 saturated heterocycles. The number of hydrogen-bond donors (Lipinski definition) is 2. The van der Waals surface area contributed by atoms with Crippen molar-refractivity contribution in [2.24, 2.45) is 0 Å². The van der Waals surface area contributed by atoms with Crippen molar-refractivity contribution in [3.8, 4) is 5.75 Å². The number of rotatable bonds is 3. The van der Waals surface area contributed by atoms with Crippen LogP contribution in [0.5, 0.6) is 5.75 Å². The average molecular weight is 278 g/mol. The van der Waals surface area contributed by atoms with Gasteiger partial charge in [0.25, 0.3) is 0 Å². The Labute approximate surface area is 117 Å². The number of aliphatic hydroxyl groups excluding tert-OH is 1. The third-order valence-electron chi connectivity index (χ3n) is 3.08. The molecule has 3 nitrogen and oxygen atoms in total. The molecule has 2 aromatic rings. The van der Waals surface area contributed by atoms with Crippen molar-refractivity contribution < 1.29 is 9.84 Å². The second-order valence-corrected chi connectivity index (χ2v) is 4.81. The van der Waals surface area contributed by atoms with E-state index in [9.17, 15) is 5.11 Å². The third kappa shape index (κ3) is 2.67. The fourth-order valence-electron chi connectivity index (χ4n) is 2.12. The van der Waals surface area contributed by atoms with Gasteiger partial charge in [0.2, 0.25) is 0 Å². The Bertz CT molecular complexity index is 599. The van der Waals surface area contributed by atoms with Gasteiger partial charge in [-0.15, -0.1) is 0 Å². The number of benzene rings is 2. The summed E-state index contributed by atoms with van der Waals surface area (Å²) >= 11 is 5.96. The lowest BCUT2D eigenvalue weighted by Gasteiger charge is -2.18. The van der Waals surface area contributed by atoms with E-state index in [4.69, 9.17) is 22.1 Å². The number of ether oxygens (including phenoxy) is 1. The first-order valence-corrected chi connectivity index (χ1v) is 6.29. The van der Waals surface area contributed by atoms with Crippen LogP contribution in [0.25, 0.3) is 0 Å². The fourth-order valence-corrected chi connectivity index (χ4v) is 2.30. The molecule has 100 valence electrons. The highest BCUT2D eigenvalue weighted by molar-refractivity contribution is 6.30. The maximum atomic E-state index is 10.5. The van der Waals surface area contributed by atoms with Crippen molar-refractivity contribution >= 4 is 17.3 Å². The standard InChI is InChI=1S/C15H16ClNO2/c1-9-4-3-5-11(15(9)19-2)14(18)12-8-10(16)6-7-13(12)17/h3-8,14,18H,17H2,1-2H3/t14-/m1/s1. The highest BCUT2D eigenvalue weighted by Gasteiger charge is 2.19. The molecule has 3 N–H and O–H groups in total. The average Bonchev–Trinajstić information content (AvgIpc) is 2.40. The van der Waals surface area contributed by atoms with Gasteiger partial charge >= 0.3 is 0 Å². The molecule has 2 rings (SSSR count). The van der Waals surface area contributed by atoms with E-state index in [1.54, 1.807) is 25.3 Å². The lowest BCUT2D eigenvalue weighted by atomic mass is 9.97. The van der Waals surface area contributed by atoms with Gasteiger partial charge in [0.15, 0.2) is 0 Å². The molecule has 0 aliphatic carbocycles. The molecule has 0 spiro atoms. The topological polar surface area (TPSA) is 55.5 Å². The molecule has 0 heterocycles. The number of nitrogen functional groups attached to an aromatic ring is 1. The Kier molecular flexibility index (Phi) is 3.98. The SMILES string of the molecule is COc1c(C)cccc1[C@@H](O)c1cc(Cl)ccc1N. The molecule has 0 fully saturated rings. The van der Waals surface area contributed by atoms with Crippen molar-refractivity contribution in [1.82, 2.24) is 0 Å². The van der Waals surface area contributed by atoms with Crippen LogP contribution in [0.3, 0.4) is 0 Å². The van der Waals surface area contributed by atoms with Crippen LogP contribution in [0, 0.1) is 6.92 Å². The molecule has 0 aliphatic rings. The number of anilines is 1. The lowest BCUT2D eigenvalue weighted by Crippen LogP contribution is -2.06. The number of hydrogen-bond acceptors (Lipinski definition) is 3. The Morgan fingerprint density at radius 2 is 1.95 bits per heavy atom. The third-order valence-corrected chi connectivity index (χ3v) is 3.32. The van der Waals surface area contributed by atoms with Crippen LogP contribution in [0.1, 0.15) is 22.8 Å². The number of halogens is 1. The quantitative estimate of drug-likeness (QED) is 0.846. The predicted octanol–water partition coefficient (Wildman–Crippen LogP) is 3.32. The van der Waals surface area contributed by atoms with Crippen molar-refractivity contribution in [2.45, 2.75) is 13.0 Å². The lowest BCUT2D eigenvalue weighted by molar-refractivity contribution is 0.215. The first-order valence-electron chi connectivity index (χ1n) is 5.91. The first kappa shape index (κ1) is 13.7. The van der Waals surface area contributed by atoms with Crippen molar-refractivity contribution in [1.29, 1.82) is 0 Å². The van der Waals surface area contributed by atoms with E-state index in [2.05, 4.69) is 0 Å². The maximum absolute atomic E-state index is 10.5. The summed E-state index contributed by atoms with van der Waals surface area (Å²) < 4.78 is 5.36. The maximum Gasteiger partial charge on any atom is 0.127 e. The molecule has 2 aromatic carbocycles. The molecule has 0 amide bonds. The molecule has 0 bridgehead atoms. The normalized spacial score (nSPS) is 12.2. The summed E-state index contributed by atoms with van der Waals surface area (Å²) in [4.78, 5) is 0. The smallest absolute Gasteiger partial charge is 0.127 e. The first-order chi connectivity index (χ1) is 9.04.